The number of aliphatic imine (C=N–C) groups is 1. The van der Waals surface area contributed by atoms with Crippen molar-refractivity contribution in [3.05, 3.63) is 75.8 Å². The molecule has 0 saturated carbocycles. The van der Waals surface area contributed by atoms with Crippen LogP contribution in [0.25, 0.3) is 0 Å². The van der Waals surface area contributed by atoms with Crippen LogP contribution in [0.3, 0.4) is 0 Å². The molecule has 2 heterocycles. The van der Waals surface area contributed by atoms with Gasteiger partial charge in [0.2, 0.25) is 11.9 Å². The Hall–Kier alpha value is -3.23. The summed E-state index contributed by atoms with van der Waals surface area (Å²) in [5, 5.41) is 9.04. The zero-order valence-corrected chi connectivity index (χ0v) is 17.8. The largest absolute Gasteiger partial charge is 0.326 e. The van der Waals surface area contributed by atoms with Gasteiger partial charge in [0.25, 0.3) is 0 Å². The third-order valence-electron chi connectivity index (χ3n) is 3.76. The topological polar surface area (TPSA) is 104 Å². The van der Waals surface area contributed by atoms with Crippen molar-refractivity contribution in [2.75, 3.05) is 10.6 Å². The summed E-state index contributed by atoms with van der Waals surface area (Å²) in [6.07, 6.45) is 3.38. The second kappa shape index (κ2) is 10.00. The van der Waals surface area contributed by atoms with Crippen molar-refractivity contribution in [1.29, 1.82) is 0 Å². The number of guanidine groups is 1. The third-order valence-corrected chi connectivity index (χ3v) is 4.50. The molecule has 10 heteroatoms. The molecule has 1 aromatic carbocycles. The maximum Gasteiger partial charge on any atom is 0.326 e. The molecule has 3 aromatic rings. The van der Waals surface area contributed by atoms with E-state index < -0.39 is 6.03 Å². The maximum absolute atomic E-state index is 12.5. The van der Waals surface area contributed by atoms with E-state index in [1.807, 2.05) is 32.0 Å². The number of hydrogen-bond acceptors (Lipinski definition) is 5. The quantitative estimate of drug-likeness (QED) is 0.404. The maximum atomic E-state index is 12.5. The second-order valence-corrected chi connectivity index (χ2v) is 7.15. The van der Waals surface area contributed by atoms with Crippen LogP contribution >= 0.6 is 23.2 Å². The van der Waals surface area contributed by atoms with Gasteiger partial charge in [0.15, 0.2) is 0 Å². The summed E-state index contributed by atoms with van der Waals surface area (Å²) in [5.74, 6) is 0.508. The van der Waals surface area contributed by atoms with E-state index >= 15 is 0 Å². The molecule has 0 bridgehead atoms. The van der Waals surface area contributed by atoms with Gasteiger partial charge in [-0.05, 0) is 49.7 Å². The van der Waals surface area contributed by atoms with E-state index in [1.165, 1.54) is 0 Å². The van der Waals surface area contributed by atoms with E-state index in [1.54, 1.807) is 30.6 Å². The normalized spacial score (nSPS) is 11.1. The first-order valence-electron chi connectivity index (χ1n) is 8.95. The summed E-state index contributed by atoms with van der Waals surface area (Å²) in [6, 6.07) is 9.82. The fourth-order valence-electron chi connectivity index (χ4n) is 2.50. The van der Waals surface area contributed by atoms with E-state index in [2.05, 4.69) is 35.9 Å². The van der Waals surface area contributed by atoms with Crippen molar-refractivity contribution in [3.63, 3.8) is 0 Å². The fraction of sp³-hybridized carbons (Fsp3) is 0.150. The highest BCUT2D eigenvalue weighted by Gasteiger charge is 2.10. The van der Waals surface area contributed by atoms with E-state index in [-0.39, 0.29) is 5.96 Å². The van der Waals surface area contributed by atoms with Gasteiger partial charge in [0, 0.05) is 29.5 Å². The molecule has 30 heavy (non-hydrogen) atoms. The van der Waals surface area contributed by atoms with Crippen LogP contribution in [0, 0.1) is 13.8 Å². The zero-order chi connectivity index (χ0) is 21.5. The Morgan fingerprint density at radius 2 is 1.80 bits per heavy atom. The van der Waals surface area contributed by atoms with Crippen LogP contribution in [-0.2, 0) is 6.54 Å². The van der Waals surface area contributed by atoms with Crippen molar-refractivity contribution in [2.45, 2.75) is 20.4 Å². The highest BCUT2D eigenvalue weighted by atomic mass is 35.5. The SMILES string of the molecule is Cc1cc(C)nc(NC(=NCc2cccnc2)NC(=O)Nc2ccc(Cl)c(Cl)c2)n1. The molecule has 3 rings (SSSR count). The smallest absolute Gasteiger partial charge is 0.308 e. The van der Waals surface area contributed by atoms with Crippen molar-refractivity contribution in [3.8, 4) is 0 Å². The number of nitrogens with zero attached hydrogens (tertiary/aromatic N) is 4. The number of carbonyl (C=O) groups excluding carboxylic acids is 1. The van der Waals surface area contributed by atoms with Crippen molar-refractivity contribution in [2.24, 2.45) is 4.99 Å². The zero-order valence-electron chi connectivity index (χ0n) is 16.3. The van der Waals surface area contributed by atoms with Crippen LogP contribution in [0.1, 0.15) is 17.0 Å². The molecule has 0 radical (unpaired) electrons. The Bertz CT molecular complexity index is 1050. The number of aryl methyl sites for hydroxylation is 2. The summed E-state index contributed by atoms with van der Waals surface area (Å²) in [6.45, 7) is 4.02. The Morgan fingerprint density at radius 1 is 1.03 bits per heavy atom. The lowest BCUT2D eigenvalue weighted by molar-refractivity contribution is 0.256. The van der Waals surface area contributed by atoms with Crippen LogP contribution < -0.4 is 16.0 Å². The molecular weight excluding hydrogens is 425 g/mol. The summed E-state index contributed by atoms with van der Waals surface area (Å²) in [7, 11) is 0. The lowest BCUT2D eigenvalue weighted by Gasteiger charge is -2.12. The number of halogens is 2. The monoisotopic (exact) mass is 443 g/mol. The summed E-state index contributed by atoms with van der Waals surface area (Å²) in [5.41, 5.74) is 2.94. The van der Waals surface area contributed by atoms with Gasteiger partial charge in [-0.25, -0.2) is 19.8 Å². The number of rotatable bonds is 4. The number of urea groups is 1. The van der Waals surface area contributed by atoms with Crippen LogP contribution in [0.15, 0.2) is 53.8 Å². The molecule has 0 aliphatic heterocycles. The molecule has 154 valence electrons. The van der Waals surface area contributed by atoms with Crippen LogP contribution in [0.4, 0.5) is 16.4 Å². The van der Waals surface area contributed by atoms with Crippen LogP contribution in [0.5, 0.6) is 0 Å². The van der Waals surface area contributed by atoms with Gasteiger partial charge in [-0.15, -0.1) is 0 Å². The molecule has 0 fully saturated rings. The summed E-state index contributed by atoms with van der Waals surface area (Å²) >= 11 is 11.9. The van der Waals surface area contributed by atoms with E-state index in [9.17, 15) is 4.79 Å². The summed E-state index contributed by atoms with van der Waals surface area (Å²) in [4.78, 5) is 29.6. The van der Waals surface area contributed by atoms with Gasteiger partial charge in [-0.2, -0.15) is 0 Å². The first kappa shape index (κ1) is 21.5. The second-order valence-electron chi connectivity index (χ2n) is 6.33. The third kappa shape index (κ3) is 6.40. The Balaban J connectivity index is 1.77. The predicted molar refractivity (Wildman–Crippen MR) is 119 cm³/mol. The highest BCUT2D eigenvalue weighted by molar-refractivity contribution is 6.42. The number of nitrogens with one attached hydrogen (secondary N) is 3. The lowest BCUT2D eigenvalue weighted by atomic mass is 10.3. The number of benzene rings is 1. The number of amides is 2. The van der Waals surface area contributed by atoms with Crippen molar-refractivity contribution in [1.82, 2.24) is 20.3 Å². The van der Waals surface area contributed by atoms with E-state index in [0.29, 0.717) is 28.2 Å². The average Bonchev–Trinajstić information content (AvgIpc) is 2.69. The average molecular weight is 444 g/mol. The van der Waals surface area contributed by atoms with Gasteiger partial charge >= 0.3 is 6.03 Å². The Morgan fingerprint density at radius 3 is 2.47 bits per heavy atom. The molecule has 0 spiro atoms. The molecule has 3 N–H and O–H groups in total. The molecule has 0 aliphatic rings. The molecule has 0 atom stereocenters. The highest BCUT2D eigenvalue weighted by Crippen LogP contribution is 2.24. The van der Waals surface area contributed by atoms with Gasteiger partial charge in [-0.3, -0.25) is 15.6 Å². The van der Waals surface area contributed by atoms with Crippen LogP contribution in [-0.4, -0.2) is 26.9 Å². The number of aromatic nitrogens is 3. The lowest BCUT2D eigenvalue weighted by Crippen LogP contribution is -2.39. The minimum atomic E-state index is -0.518. The molecule has 2 aromatic heterocycles. The van der Waals surface area contributed by atoms with E-state index in [4.69, 9.17) is 23.2 Å². The number of pyridine rings is 1. The first-order chi connectivity index (χ1) is 14.4. The van der Waals surface area contributed by atoms with Gasteiger partial charge in [-0.1, -0.05) is 29.3 Å². The molecule has 8 nitrogen and oxygen atoms in total. The molecule has 0 aliphatic carbocycles. The number of anilines is 2. The summed E-state index contributed by atoms with van der Waals surface area (Å²) < 4.78 is 0. The first-order valence-corrected chi connectivity index (χ1v) is 9.70. The fourth-order valence-corrected chi connectivity index (χ4v) is 2.80. The van der Waals surface area contributed by atoms with Gasteiger partial charge in [0.1, 0.15) is 0 Å². The number of carbonyl (C=O) groups is 1. The minimum Gasteiger partial charge on any atom is -0.308 e. The number of hydrogen-bond donors (Lipinski definition) is 3. The van der Waals surface area contributed by atoms with Gasteiger partial charge in [0.05, 0.1) is 16.6 Å². The Labute approximate surface area is 183 Å². The van der Waals surface area contributed by atoms with Gasteiger partial charge < -0.3 is 5.32 Å². The molecule has 2 amide bonds. The van der Waals surface area contributed by atoms with Crippen LogP contribution in [0.2, 0.25) is 10.0 Å². The molecule has 0 unspecified atom stereocenters. The van der Waals surface area contributed by atoms with Crippen molar-refractivity contribution < 1.29 is 4.79 Å². The molecular formula is C20H19Cl2N7O. The molecule has 0 saturated heterocycles. The minimum absolute atomic E-state index is 0.182. The Kier molecular flexibility index (Phi) is 7.16. The van der Waals surface area contributed by atoms with E-state index in [0.717, 1.165) is 17.0 Å². The van der Waals surface area contributed by atoms with Crippen molar-refractivity contribution >= 4 is 46.8 Å². The standard InChI is InChI=1S/C20H19Cl2N7O/c1-12-8-13(2)26-19(25-12)28-18(24-11-14-4-3-7-23-10-14)29-20(30)27-15-5-6-16(21)17(22)9-15/h3-10H,11H2,1-2H3,(H3,24,25,26,27,28,29,30). The predicted octanol–water partition coefficient (Wildman–Crippen LogP) is 4.59.